The van der Waals surface area contributed by atoms with Crippen LogP contribution in [0.15, 0.2) is 30.3 Å². The molecule has 1 unspecified atom stereocenters. The minimum Gasteiger partial charge on any atom is -0.369 e. The Morgan fingerprint density at radius 3 is 2.81 bits per heavy atom. The third-order valence-corrected chi connectivity index (χ3v) is 2.75. The van der Waals surface area contributed by atoms with Crippen LogP contribution in [-0.2, 0) is 9.53 Å². The van der Waals surface area contributed by atoms with Gasteiger partial charge >= 0.3 is 0 Å². The minimum atomic E-state index is 0.00556. The number of carbonyl (C=O) groups excluding carboxylic acids is 1. The van der Waals surface area contributed by atoms with E-state index >= 15 is 0 Å². The molecule has 1 fully saturated rings. The molecule has 1 aliphatic rings. The molecule has 86 valence electrons. The smallest absolute Gasteiger partial charge is 0.249 e. The summed E-state index contributed by atoms with van der Waals surface area (Å²) in [5, 5.41) is 0. The molecule has 1 aliphatic heterocycles. The van der Waals surface area contributed by atoms with Crippen molar-refractivity contribution in [3.05, 3.63) is 35.9 Å². The van der Waals surface area contributed by atoms with Crippen molar-refractivity contribution in [3.8, 4) is 0 Å². The number of carbonyl (C=O) groups is 1. The van der Waals surface area contributed by atoms with Gasteiger partial charge in [0.2, 0.25) is 5.91 Å². The van der Waals surface area contributed by atoms with Crippen LogP contribution in [0.25, 0.3) is 0 Å². The molecule has 0 aromatic heterocycles. The highest BCUT2D eigenvalue weighted by atomic mass is 16.5. The molecule has 0 bridgehead atoms. The topological polar surface area (TPSA) is 55.6 Å². The van der Waals surface area contributed by atoms with E-state index in [2.05, 4.69) is 0 Å². The van der Waals surface area contributed by atoms with Crippen molar-refractivity contribution in [1.29, 1.82) is 0 Å². The van der Waals surface area contributed by atoms with Crippen molar-refractivity contribution in [1.82, 2.24) is 4.90 Å². The van der Waals surface area contributed by atoms with Gasteiger partial charge in [0.05, 0.1) is 12.6 Å². The first kappa shape index (κ1) is 11.1. The second-order valence-corrected chi connectivity index (χ2v) is 3.82. The Bertz CT molecular complexity index is 353. The van der Waals surface area contributed by atoms with Crippen molar-refractivity contribution in [3.63, 3.8) is 0 Å². The lowest BCUT2D eigenvalue weighted by molar-refractivity contribution is -0.148. The molecule has 16 heavy (non-hydrogen) atoms. The van der Waals surface area contributed by atoms with Gasteiger partial charge in [0, 0.05) is 13.1 Å². The van der Waals surface area contributed by atoms with E-state index in [1.165, 1.54) is 0 Å². The monoisotopic (exact) mass is 220 g/mol. The summed E-state index contributed by atoms with van der Waals surface area (Å²) in [6, 6.07) is 9.92. The molecular formula is C12H16N2O2. The van der Waals surface area contributed by atoms with Gasteiger partial charge in [0.25, 0.3) is 0 Å². The highest BCUT2D eigenvalue weighted by Crippen LogP contribution is 2.23. The summed E-state index contributed by atoms with van der Waals surface area (Å²) in [5.41, 5.74) is 6.63. The highest BCUT2D eigenvalue weighted by Gasteiger charge is 2.28. The van der Waals surface area contributed by atoms with Crippen molar-refractivity contribution in [2.45, 2.75) is 6.04 Å². The van der Waals surface area contributed by atoms with Crippen molar-refractivity contribution in [2.24, 2.45) is 5.73 Å². The molecule has 2 rings (SSSR count). The number of ether oxygens (including phenoxy) is 1. The molecule has 2 N–H and O–H groups in total. The maximum absolute atomic E-state index is 11.7. The van der Waals surface area contributed by atoms with Gasteiger partial charge in [-0.2, -0.15) is 0 Å². The molecule has 4 heteroatoms. The Balaban J connectivity index is 2.20. The second-order valence-electron chi connectivity index (χ2n) is 3.82. The molecule has 1 aromatic carbocycles. The van der Waals surface area contributed by atoms with Crippen LogP contribution in [0.4, 0.5) is 0 Å². The normalized spacial score (nSPS) is 21.2. The van der Waals surface area contributed by atoms with Gasteiger partial charge in [-0.25, -0.2) is 0 Å². The molecule has 1 saturated heterocycles. The number of morpholine rings is 1. The predicted molar refractivity (Wildman–Crippen MR) is 60.8 cm³/mol. The first-order chi connectivity index (χ1) is 7.83. The van der Waals surface area contributed by atoms with Crippen LogP contribution in [0.2, 0.25) is 0 Å². The number of rotatable bonds is 3. The van der Waals surface area contributed by atoms with E-state index in [0.29, 0.717) is 19.7 Å². The quantitative estimate of drug-likeness (QED) is 0.809. The molecular weight excluding hydrogens is 204 g/mol. The van der Waals surface area contributed by atoms with Gasteiger partial charge in [0.1, 0.15) is 6.61 Å². The zero-order chi connectivity index (χ0) is 11.4. The van der Waals surface area contributed by atoms with E-state index in [1.54, 1.807) is 4.90 Å². The molecule has 1 aromatic rings. The Morgan fingerprint density at radius 1 is 1.38 bits per heavy atom. The average molecular weight is 220 g/mol. The van der Waals surface area contributed by atoms with Crippen LogP contribution in [0.1, 0.15) is 11.6 Å². The lowest BCUT2D eigenvalue weighted by Gasteiger charge is -2.35. The Morgan fingerprint density at radius 2 is 2.12 bits per heavy atom. The van der Waals surface area contributed by atoms with Gasteiger partial charge < -0.3 is 15.4 Å². The predicted octanol–water partition coefficient (Wildman–Crippen LogP) is 0.545. The molecule has 0 aliphatic carbocycles. The van der Waals surface area contributed by atoms with Gasteiger partial charge in [0.15, 0.2) is 0 Å². The molecule has 1 amide bonds. The van der Waals surface area contributed by atoms with E-state index in [4.69, 9.17) is 10.5 Å². The Kier molecular flexibility index (Phi) is 3.54. The van der Waals surface area contributed by atoms with E-state index in [1.807, 2.05) is 30.3 Å². The first-order valence-corrected chi connectivity index (χ1v) is 5.45. The number of nitrogens with two attached hydrogens (primary N) is 1. The number of benzene rings is 1. The van der Waals surface area contributed by atoms with Crippen LogP contribution < -0.4 is 5.73 Å². The fourth-order valence-electron chi connectivity index (χ4n) is 1.98. The maximum atomic E-state index is 11.7. The standard InChI is InChI=1S/C12H16N2O2/c13-6-7-14-11(8-16-9-12(14)15)10-4-2-1-3-5-10/h1-5,11H,6-9,13H2. The lowest BCUT2D eigenvalue weighted by Crippen LogP contribution is -2.46. The van der Waals surface area contributed by atoms with E-state index in [9.17, 15) is 4.79 Å². The zero-order valence-corrected chi connectivity index (χ0v) is 9.13. The number of hydrogen-bond acceptors (Lipinski definition) is 3. The Hall–Kier alpha value is -1.39. The number of amides is 1. The molecule has 4 nitrogen and oxygen atoms in total. The minimum absolute atomic E-state index is 0.00556. The van der Waals surface area contributed by atoms with Gasteiger partial charge in [-0.15, -0.1) is 0 Å². The summed E-state index contributed by atoms with van der Waals surface area (Å²) in [7, 11) is 0. The van der Waals surface area contributed by atoms with Crippen LogP contribution in [-0.4, -0.2) is 37.1 Å². The number of hydrogen-bond donors (Lipinski definition) is 1. The van der Waals surface area contributed by atoms with Gasteiger partial charge in [-0.1, -0.05) is 30.3 Å². The third-order valence-electron chi connectivity index (χ3n) is 2.75. The van der Waals surface area contributed by atoms with Crippen LogP contribution >= 0.6 is 0 Å². The summed E-state index contributed by atoms with van der Waals surface area (Å²) >= 11 is 0. The summed E-state index contributed by atoms with van der Waals surface area (Å²) in [6.07, 6.45) is 0. The van der Waals surface area contributed by atoms with E-state index < -0.39 is 0 Å². The van der Waals surface area contributed by atoms with E-state index in [-0.39, 0.29) is 18.6 Å². The Labute approximate surface area is 95.0 Å². The summed E-state index contributed by atoms with van der Waals surface area (Å²) < 4.78 is 5.29. The van der Waals surface area contributed by atoms with Gasteiger partial charge in [-0.3, -0.25) is 4.79 Å². The van der Waals surface area contributed by atoms with Crippen LogP contribution in [0.3, 0.4) is 0 Å². The second kappa shape index (κ2) is 5.09. The van der Waals surface area contributed by atoms with E-state index in [0.717, 1.165) is 5.56 Å². The van der Waals surface area contributed by atoms with Crippen molar-refractivity contribution < 1.29 is 9.53 Å². The first-order valence-electron chi connectivity index (χ1n) is 5.45. The summed E-state index contributed by atoms with van der Waals surface area (Å²) in [6.45, 7) is 1.79. The molecule has 1 heterocycles. The highest BCUT2D eigenvalue weighted by molar-refractivity contribution is 5.78. The molecule has 0 spiro atoms. The number of nitrogens with zero attached hydrogens (tertiary/aromatic N) is 1. The zero-order valence-electron chi connectivity index (χ0n) is 9.13. The fourth-order valence-corrected chi connectivity index (χ4v) is 1.98. The van der Waals surface area contributed by atoms with Crippen molar-refractivity contribution >= 4 is 5.91 Å². The van der Waals surface area contributed by atoms with Crippen molar-refractivity contribution in [2.75, 3.05) is 26.3 Å². The average Bonchev–Trinajstić information content (AvgIpc) is 2.33. The molecule has 0 radical (unpaired) electrons. The van der Waals surface area contributed by atoms with Crippen LogP contribution in [0, 0.1) is 0 Å². The third kappa shape index (κ3) is 2.23. The lowest BCUT2D eigenvalue weighted by atomic mass is 10.0. The van der Waals surface area contributed by atoms with Gasteiger partial charge in [-0.05, 0) is 5.56 Å². The molecule has 0 saturated carbocycles. The summed E-state index contributed by atoms with van der Waals surface area (Å²) in [4.78, 5) is 13.5. The molecule has 1 atom stereocenters. The largest absolute Gasteiger partial charge is 0.369 e. The SMILES string of the molecule is NCCN1C(=O)COCC1c1ccccc1. The summed E-state index contributed by atoms with van der Waals surface area (Å²) in [5.74, 6) is 0.0190. The van der Waals surface area contributed by atoms with Crippen LogP contribution in [0.5, 0.6) is 0 Å². The fraction of sp³-hybridized carbons (Fsp3) is 0.417. The maximum Gasteiger partial charge on any atom is 0.249 e.